The first-order chi connectivity index (χ1) is 8.74. The highest BCUT2D eigenvalue weighted by molar-refractivity contribution is 5.38. The van der Waals surface area contributed by atoms with Gasteiger partial charge < -0.3 is 14.8 Å². The van der Waals surface area contributed by atoms with Crippen LogP contribution in [-0.4, -0.2) is 20.8 Å². The Morgan fingerprint density at radius 1 is 1.39 bits per heavy atom. The van der Waals surface area contributed by atoms with Crippen LogP contribution < -0.4 is 10.1 Å². The Labute approximate surface area is 109 Å². The van der Waals surface area contributed by atoms with Crippen LogP contribution >= 0.6 is 0 Å². The van der Waals surface area contributed by atoms with Gasteiger partial charge in [0.05, 0.1) is 13.7 Å². The zero-order valence-electron chi connectivity index (χ0n) is 11.5. The first-order valence-electron chi connectivity index (χ1n) is 6.66. The number of benzene rings is 1. The third-order valence-corrected chi connectivity index (χ3v) is 3.55. The molecule has 18 heavy (non-hydrogen) atoms. The molecule has 1 aromatic rings. The Kier molecular flexibility index (Phi) is 4.61. The van der Waals surface area contributed by atoms with Crippen LogP contribution in [0.1, 0.15) is 36.9 Å². The van der Waals surface area contributed by atoms with Crippen molar-refractivity contribution in [1.82, 2.24) is 5.32 Å². The van der Waals surface area contributed by atoms with E-state index in [2.05, 4.69) is 24.4 Å². The molecule has 1 saturated carbocycles. The van der Waals surface area contributed by atoms with Crippen LogP contribution in [-0.2, 0) is 11.3 Å². The summed E-state index contributed by atoms with van der Waals surface area (Å²) in [5.41, 5.74) is 2.40. The van der Waals surface area contributed by atoms with Gasteiger partial charge >= 0.3 is 0 Å². The predicted octanol–water partition coefficient (Wildman–Crippen LogP) is 2.90. The van der Waals surface area contributed by atoms with E-state index in [0.29, 0.717) is 12.6 Å². The summed E-state index contributed by atoms with van der Waals surface area (Å²) in [6, 6.07) is 6.65. The van der Waals surface area contributed by atoms with E-state index in [0.717, 1.165) is 23.8 Å². The van der Waals surface area contributed by atoms with Gasteiger partial charge in [0.25, 0.3) is 0 Å². The Bertz CT molecular complexity index is 388. The number of nitrogens with one attached hydrogen (secondary N) is 1. The molecule has 3 nitrogen and oxygen atoms in total. The average Bonchev–Trinajstić information content (AvgIpc) is 3.22. The molecule has 0 bridgehead atoms. The number of rotatable bonds is 7. The van der Waals surface area contributed by atoms with Crippen molar-refractivity contribution in [3.05, 3.63) is 29.3 Å². The van der Waals surface area contributed by atoms with Crippen molar-refractivity contribution < 1.29 is 9.47 Å². The summed E-state index contributed by atoms with van der Waals surface area (Å²) in [4.78, 5) is 0. The monoisotopic (exact) mass is 249 g/mol. The highest BCUT2D eigenvalue weighted by atomic mass is 16.5. The maximum absolute atomic E-state index is 5.75. The van der Waals surface area contributed by atoms with Gasteiger partial charge in [-0.15, -0.1) is 0 Å². The topological polar surface area (TPSA) is 30.5 Å². The number of ether oxygens (including phenoxy) is 2. The largest absolute Gasteiger partial charge is 0.496 e. The van der Waals surface area contributed by atoms with Crippen molar-refractivity contribution in [2.24, 2.45) is 5.92 Å². The predicted molar refractivity (Wildman–Crippen MR) is 72.8 cm³/mol. The van der Waals surface area contributed by atoms with E-state index in [-0.39, 0.29) is 0 Å². The number of methoxy groups -OCH3 is 1. The third kappa shape index (κ3) is 3.47. The highest BCUT2D eigenvalue weighted by Crippen LogP contribution is 2.30. The van der Waals surface area contributed by atoms with Crippen molar-refractivity contribution in [2.75, 3.05) is 20.8 Å². The zero-order valence-corrected chi connectivity index (χ0v) is 11.5. The second kappa shape index (κ2) is 6.21. The van der Waals surface area contributed by atoms with Gasteiger partial charge in [0.15, 0.2) is 0 Å². The number of hydrogen-bond acceptors (Lipinski definition) is 3. The van der Waals surface area contributed by atoms with E-state index in [1.165, 1.54) is 18.4 Å². The molecule has 0 amide bonds. The van der Waals surface area contributed by atoms with E-state index in [4.69, 9.17) is 9.47 Å². The lowest BCUT2D eigenvalue weighted by molar-refractivity contribution is 0.109. The molecule has 0 radical (unpaired) electrons. The van der Waals surface area contributed by atoms with Crippen molar-refractivity contribution in [1.29, 1.82) is 0 Å². The normalized spacial score (nSPS) is 16.6. The standard InChI is InChI=1S/C15H23NO2/c1-11(16-2)13-6-7-15(17-3)14(8-13)10-18-9-12-4-5-12/h6-8,11-12,16H,4-5,9-10H2,1-3H3. The molecule has 1 atom stereocenters. The molecule has 1 N–H and O–H groups in total. The molecular weight excluding hydrogens is 226 g/mol. The summed E-state index contributed by atoms with van der Waals surface area (Å²) in [5, 5.41) is 3.25. The van der Waals surface area contributed by atoms with Gasteiger partial charge in [0.1, 0.15) is 5.75 Å². The van der Waals surface area contributed by atoms with Gasteiger partial charge in [-0.2, -0.15) is 0 Å². The van der Waals surface area contributed by atoms with Gasteiger partial charge in [-0.1, -0.05) is 6.07 Å². The maximum Gasteiger partial charge on any atom is 0.124 e. The van der Waals surface area contributed by atoms with E-state index < -0.39 is 0 Å². The molecule has 1 aliphatic carbocycles. The molecular formula is C15H23NO2. The third-order valence-electron chi connectivity index (χ3n) is 3.55. The lowest BCUT2D eigenvalue weighted by Gasteiger charge is -2.15. The van der Waals surface area contributed by atoms with Crippen LogP contribution in [0.25, 0.3) is 0 Å². The fraction of sp³-hybridized carbons (Fsp3) is 0.600. The Morgan fingerprint density at radius 3 is 2.78 bits per heavy atom. The fourth-order valence-electron chi connectivity index (χ4n) is 1.97. The van der Waals surface area contributed by atoms with Gasteiger partial charge in [-0.05, 0) is 50.4 Å². The minimum Gasteiger partial charge on any atom is -0.496 e. The summed E-state index contributed by atoms with van der Waals surface area (Å²) >= 11 is 0. The first kappa shape index (κ1) is 13.4. The van der Waals surface area contributed by atoms with Crippen LogP contribution in [0.3, 0.4) is 0 Å². The molecule has 0 aromatic heterocycles. The minimum absolute atomic E-state index is 0.345. The zero-order chi connectivity index (χ0) is 13.0. The van der Waals surface area contributed by atoms with Crippen LogP contribution in [0.15, 0.2) is 18.2 Å². The maximum atomic E-state index is 5.75. The van der Waals surface area contributed by atoms with Crippen LogP contribution in [0.4, 0.5) is 0 Å². The summed E-state index contributed by atoms with van der Waals surface area (Å²) in [6.07, 6.45) is 2.65. The molecule has 1 fully saturated rings. The first-order valence-corrected chi connectivity index (χ1v) is 6.66. The molecule has 3 heteroatoms. The lowest BCUT2D eigenvalue weighted by atomic mass is 10.0. The molecule has 1 aromatic carbocycles. The quantitative estimate of drug-likeness (QED) is 0.806. The van der Waals surface area contributed by atoms with Crippen molar-refractivity contribution in [3.8, 4) is 5.75 Å². The van der Waals surface area contributed by atoms with Gasteiger partial charge in [-0.25, -0.2) is 0 Å². The summed E-state index contributed by atoms with van der Waals surface area (Å²) in [6.45, 7) is 3.68. The molecule has 2 rings (SSSR count). The molecule has 100 valence electrons. The van der Waals surface area contributed by atoms with Crippen LogP contribution in [0.2, 0.25) is 0 Å². The smallest absolute Gasteiger partial charge is 0.124 e. The van der Waals surface area contributed by atoms with Gasteiger partial charge in [0, 0.05) is 18.2 Å². The van der Waals surface area contributed by atoms with E-state index in [1.54, 1.807) is 7.11 Å². The molecule has 1 unspecified atom stereocenters. The summed E-state index contributed by atoms with van der Waals surface area (Å²) in [5.74, 6) is 1.72. The summed E-state index contributed by atoms with van der Waals surface area (Å²) in [7, 11) is 3.68. The van der Waals surface area contributed by atoms with Crippen molar-refractivity contribution in [3.63, 3.8) is 0 Å². The van der Waals surface area contributed by atoms with Crippen molar-refractivity contribution >= 4 is 0 Å². The molecule has 0 aliphatic heterocycles. The van der Waals surface area contributed by atoms with Gasteiger partial charge in [0.2, 0.25) is 0 Å². The van der Waals surface area contributed by atoms with E-state index in [9.17, 15) is 0 Å². The fourth-order valence-corrected chi connectivity index (χ4v) is 1.97. The Hall–Kier alpha value is -1.06. The van der Waals surface area contributed by atoms with E-state index in [1.807, 2.05) is 13.1 Å². The van der Waals surface area contributed by atoms with Crippen LogP contribution in [0.5, 0.6) is 5.75 Å². The second-order valence-electron chi connectivity index (χ2n) is 5.04. The Balaban J connectivity index is 2.03. The van der Waals surface area contributed by atoms with Crippen LogP contribution in [0, 0.1) is 5.92 Å². The minimum atomic E-state index is 0.345. The second-order valence-corrected chi connectivity index (χ2v) is 5.04. The number of hydrogen-bond donors (Lipinski definition) is 1. The molecule has 0 saturated heterocycles. The average molecular weight is 249 g/mol. The molecule has 0 heterocycles. The molecule has 1 aliphatic rings. The SMILES string of the molecule is CNC(C)c1ccc(OC)c(COCC2CC2)c1. The van der Waals surface area contributed by atoms with E-state index >= 15 is 0 Å². The van der Waals surface area contributed by atoms with Gasteiger partial charge in [-0.3, -0.25) is 0 Å². The van der Waals surface area contributed by atoms with Crippen molar-refractivity contribution in [2.45, 2.75) is 32.4 Å². The summed E-state index contributed by atoms with van der Waals surface area (Å²) < 4.78 is 11.1. The molecule has 0 spiro atoms. The Morgan fingerprint density at radius 2 is 2.17 bits per heavy atom. The highest BCUT2D eigenvalue weighted by Gasteiger charge is 2.21. The lowest BCUT2D eigenvalue weighted by Crippen LogP contribution is -2.12.